The first kappa shape index (κ1) is 30.3. The summed E-state index contributed by atoms with van der Waals surface area (Å²) >= 11 is 0. The van der Waals surface area contributed by atoms with Crippen LogP contribution in [0.3, 0.4) is 0 Å². The predicted molar refractivity (Wildman–Crippen MR) is 170 cm³/mol. The minimum absolute atomic E-state index is 0.0828. The highest BCUT2D eigenvalue weighted by Gasteiger charge is 2.51. The number of benzene rings is 3. The van der Waals surface area contributed by atoms with E-state index in [0.29, 0.717) is 41.5 Å². The molecule has 6 rings (SSSR count). The second kappa shape index (κ2) is 13.1. The van der Waals surface area contributed by atoms with E-state index in [2.05, 4.69) is 27.3 Å². The number of rotatable bonds is 9. The maximum atomic E-state index is 14.6. The lowest BCUT2D eigenvalue weighted by Gasteiger charge is -2.33. The topological polar surface area (TPSA) is 77.9 Å². The van der Waals surface area contributed by atoms with E-state index >= 15 is 0 Å². The molecule has 7 nitrogen and oxygen atoms in total. The molecule has 0 saturated carbocycles. The average Bonchev–Trinajstić information content (AvgIpc) is 3.34. The number of carbonyl (C=O) groups is 2. The Balaban J connectivity index is 1.20. The Bertz CT molecular complexity index is 1700. The van der Waals surface area contributed by atoms with Gasteiger partial charge in [-0.3, -0.25) is 19.5 Å². The smallest absolute Gasteiger partial charge is 0.265 e. The Morgan fingerprint density at radius 2 is 1.67 bits per heavy atom. The van der Waals surface area contributed by atoms with Gasteiger partial charge >= 0.3 is 0 Å². The third-order valence-electron chi connectivity index (χ3n) is 8.60. The molecule has 1 atom stereocenters. The van der Waals surface area contributed by atoms with Crippen molar-refractivity contribution in [2.75, 3.05) is 31.5 Å². The minimum Gasteiger partial charge on any atom is -0.326 e. The number of likely N-dealkylation sites (tertiary alicyclic amines) is 1. The molecule has 1 fully saturated rings. The normalized spacial score (nSPS) is 19.0. The van der Waals surface area contributed by atoms with Gasteiger partial charge in [-0.2, -0.15) is 0 Å². The standard InChI is InChI=1S/C36H35F2N5O2/c1-25(44)40-32-10-4-7-27(23-32)26-16-21-42(22-17-26)19-6-20-43-34(33-11-2-3-18-39-33)41-36(35(43)45,28-12-14-30(37)15-13-28)29-8-5-9-31(38)24-29/h2-5,7-15,18,23-24,26H,6,16-17,19-22H2,1H3,(H,40,44). The molecule has 2 amide bonds. The lowest BCUT2D eigenvalue weighted by atomic mass is 9.82. The zero-order valence-electron chi connectivity index (χ0n) is 25.1. The molecule has 1 N–H and O–H groups in total. The van der Waals surface area contributed by atoms with Crippen LogP contribution >= 0.6 is 0 Å². The van der Waals surface area contributed by atoms with Gasteiger partial charge in [0.15, 0.2) is 11.4 Å². The van der Waals surface area contributed by atoms with Gasteiger partial charge in [-0.1, -0.05) is 42.5 Å². The molecule has 230 valence electrons. The number of amidine groups is 1. The summed E-state index contributed by atoms with van der Waals surface area (Å²) in [4.78, 5) is 39.5. The monoisotopic (exact) mass is 607 g/mol. The van der Waals surface area contributed by atoms with E-state index in [4.69, 9.17) is 4.99 Å². The first-order valence-corrected chi connectivity index (χ1v) is 15.3. The second-order valence-electron chi connectivity index (χ2n) is 11.6. The van der Waals surface area contributed by atoms with Crippen LogP contribution in [0, 0.1) is 11.6 Å². The molecule has 0 spiro atoms. The molecule has 1 unspecified atom stereocenters. The van der Waals surface area contributed by atoms with Crippen molar-refractivity contribution in [2.45, 2.75) is 37.6 Å². The third-order valence-corrected chi connectivity index (χ3v) is 8.60. The number of halogens is 2. The van der Waals surface area contributed by atoms with Crippen LogP contribution in [0.2, 0.25) is 0 Å². The summed E-state index contributed by atoms with van der Waals surface area (Å²) in [6.07, 6.45) is 4.35. The van der Waals surface area contributed by atoms with Crippen molar-refractivity contribution < 1.29 is 18.4 Å². The number of carbonyl (C=O) groups excluding carboxylic acids is 2. The number of pyridine rings is 1. The van der Waals surface area contributed by atoms with Crippen molar-refractivity contribution in [1.82, 2.24) is 14.8 Å². The molecule has 4 aromatic rings. The van der Waals surface area contributed by atoms with E-state index in [1.165, 1.54) is 48.9 Å². The van der Waals surface area contributed by atoms with Gasteiger partial charge in [0.25, 0.3) is 5.91 Å². The van der Waals surface area contributed by atoms with Crippen LogP contribution in [0.5, 0.6) is 0 Å². The van der Waals surface area contributed by atoms with E-state index in [1.54, 1.807) is 35.4 Å². The van der Waals surface area contributed by atoms with E-state index in [1.807, 2.05) is 18.2 Å². The highest BCUT2D eigenvalue weighted by atomic mass is 19.1. The number of aromatic nitrogens is 1. The molecule has 0 aliphatic carbocycles. The number of piperidine rings is 1. The van der Waals surface area contributed by atoms with Crippen LogP contribution in [0.25, 0.3) is 0 Å². The van der Waals surface area contributed by atoms with Gasteiger partial charge in [0, 0.05) is 25.4 Å². The van der Waals surface area contributed by atoms with Gasteiger partial charge in [-0.05, 0) is 110 Å². The van der Waals surface area contributed by atoms with E-state index in [0.717, 1.165) is 38.2 Å². The molecule has 1 aromatic heterocycles. The highest BCUT2D eigenvalue weighted by molar-refractivity contribution is 6.16. The molecule has 3 aromatic carbocycles. The number of hydrogen-bond acceptors (Lipinski definition) is 5. The van der Waals surface area contributed by atoms with Crippen LogP contribution in [0.1, 0.15) is 54.5 Å². The highest BCUT2D eigenvalue weighted by Crippen LogP contribution is 2.41. The first-order chi connectivity index (χ1) is 21.8. The third kappa shape index (κ3) is 6.40. The molecule has 3 heterocycles. The predicted octanol–water partition coefficient (Wildman–Crippen LogP) is 6.12. The Labute approximate surface area is 261 Å². The van der Waals surface area contributed by atoms with Gasteiger partial charge in [0.2, 0.25) is 5.91 Å². The largest absolute Gasteiger partial charge is 0.326 e. The Morgan fingerprint density at radius 3 is 2.38 bits per heavy atom. The fourth-order valence-electron chi connectivity index (χ4n) is 6.42. The molecule has 2 aliphatic heterocycles. The van der Waals surface area contributed by atoms with E-state index in [-0.39, 0.29) is 11.8 Å². The molecular weight excluding hydrogens is 572 g/mol. The molecular formula is C36H35F2N5O2. The maximum absolute atomic E-state index is 14.6. The lowest BCUT2D eigenvalue weighted by molar-refractivity contribution is -0.130. The Kier molecular flexibility index (Phi) is 8.80. The van der Waals surface area contributed by atoms with Gasteiger partial charge in [0.1, 0.15) is 17.3 Å². The molecule has 0 radical (unpaired) electrons. The SMILES string of the molecule is CC(=O)Nc1cccc(C2CCN(CCCN3C(=O)C(c4ccc(F)cc4)(c4cccc(F)c4)N=C3c3ccccn3)CC2)c1. The van der Waals surface area contributed by atoms with Crippen molar-refractivity contribution in [3.05, 3.63) is 131 Å². The van der Waals surface area contributed by atoms with Crippen molar-refractivity contribution in [3.63, 3.8) is 0 Å². The molecule has 0 bridgehead atoms. The quantitative estimate of drug-likeness (QED) is 0.249. The van der Waals surface area contributed by atoms with Gasteiger partial charge in [0.05, 0.1) is 0 Å². The number of hydrogen-bond donors (Lipinski definition) is 1. The lowest BCUT2D eigenvalue weighted by Crippen LogP contribution is -2.43. The molecule has 1 saturated heterocycles. The maximum Gasteiger partial charge on any atom is 0.265 e. The first-order valence-electron chi connectivity index (χ1n) is 15.3. The van der Waals surface area contributed by atoms with Gasteiger partial charge in [-0.15, -0.1) is 0 Å². The van der Waals surface area contributed by atoms with Crippen molar-refractivity contribution >= 4 is 23.3 Å². The number of nitrogens with zero attached hydrogens (tertiary/aromatic N) is 4. The van der Waals surface area contributed by atoms with Crippen LogP contribution in [0.4, 0.5) is 14.5 Å². The summed E-state index contributed by atoms with van der Waals surface area (Å²) in [6.45, 7) is 4.54. The summed E-state index contributed by atoms with van der Waals surface area (Å²) in [7, 11) is 0. The number of nitrogens with one attached hydrogen (secondary N) is 1. The van der Waals surface area contributed by atoms with Crippen LogP contribution in [-0.4, -0.2) is 58.6 Å². The van der Waals surface area contributed by atoms with Crippen LogP contribution in [-0.2, 0) is 15.1 Å². The zero-order valence-corrected chi connectivity index (χ0v) is 25.1. The number of anilines is 1. The van der Waals surface area contributed by atoms with Crippen molar-refractivity contribution in [2.24, 2.45) is 4.99 Å². The van der Waals surface area contributed by atoms with Gasteiger partial charge in [-0.25, -0.2) is 13.8 Å². The minimum atomic E-state index is -1.58. The van der Waals surface area contributed by atoms with E-state index < -0.39 is 17.2 Å². The van der Waals surface area contributed by atoms with Crippen LogP contribution < -0.4 is 5.32 Å². The summed E-state index contributed by atoms with van der Waals surface area (Å²) in [5.41, 5.74) is 1.84. The number of amides is 2. The van der Waals surface area contributed by atoms with E-state index in [9.17, 15) is 18.4 Å². The van der Waals surface area contributed by atoms with Gasteiger partial charge < -0.3 is 10.2 Å². The average molecular weight is 608 g/mol. The Morgan fingerprint density at radius 1 is 0.889 bits per heavy atom. The zero-order chi connectivity index (χ0) is 31.4. The number of aliphatic imine (C=N–C) groups is 1. The molecule has 2 aliphatic rings. The van der Waals surface area contributed by atoms with Crippen molar-refractivity contribution in [3.8, 4) is 0 Å². The molecule has 9 heteroatoms. The summed E-state index contributed by atoms with van der Waals surface area (Å²) < 4.78 is 28.5. The summed E-state index contributed by atoms with van der Waals surface area (Å²) in [5.74, 6) is -0.500. The molecule has 45 heavy (non-hydrogen) atoms. The summed E-state index contributed by atoms with van der Waals surface area (Å²) in [5, 5.41) is 2.87. The fraction of sp³-hybridized carbons (Fsp3) is 0.278. The van der Waals surface area contributed by atoms with Crippen LogP contribution in [0.15, 0.2) is 102 Å². The summed E-state index contributed by atoms with van der Waals surface area (Å²) in [6, 6.07) is 25.1. The second-order valence-corrected chi connectivity index (χ2v) is 11.6. The van der Waals surface area contributed by atoms with Crippen molar-refractivity contribution in [1.29, 1.82) is 0 Å². The Hall–Kier alpha value is -4.76. The fourth-order valence-corrected chi connectivity index (χ4v) is 6.42.